The fourth-order valence-corrected chi connectivity index (χ4v) is 2.56. The van der Waals surface area contributed by atoms with Gasteiger partial charge in [-0.2, -0.15) is 0 Å². The van der Waals surface area contributed by atoms with E-state index in [9.17, 15) is 20.1 Å². The molecule has 24 heavy (non-hydrogen) atoms. The van der Waals surface area contributed by atoms with Crippen LogP contribution in [-0.4, -0.2) is 15.3 Å². The molecule has 0 radical (unpaired) electrons. The van der Waals surface area contributed by atoms with Gasteiger partial charge in [0.1, 0.15) is 16.9 Å². The standard InChI is InChI=1S/C19H16O5/c1-10(2)8-12-13(20)9-14(21)15-16(22)17(23)18(24-19(12)15)11-6-4-3-5-7-11/h3-9,20-21,23H,1-2H3. The molecule has 3 rings (SSSR count). The van der Waals surface area contributed by atoms with Crippen molar-refractivity contribution in [1.82, 2.24) is 0 Å². The minimum Gasteiger partial charge on any atom is -0.507 e. The van der Waals surface area contributed by atoms with E-state index in [0.717, 1.165) is 11.6 Å². The molecule has 0 aliphatic heterocycles. The molecule has 0 spiro atoms. The molecule has 1 aromatic heterocycles. The summed E-state index contributed by atoms with van der Waals surface area (Å²) in [5, 5.41) is 30.2. The SMILES string of the molecule is CC(C)=Cc1c(O)cc(O)c2c(=O)c(O)c(-c3ccccc3)oc12. The Morgan fingerprint density at radius 3 is 2.33 bits per heavy atom. The van der Waals surface area contributed by atoms with Gasteiger partial charge in [0.15, 0.2) is 11.3 Å². The molecule has 3 aromatic rings. The Hall–Kier alpha value is -3.21. The first-order valence-electron chi connectivity index (χ1n) is 7.35. The van der Waals surface area contributed by atoms with Crippen LogP contribution in [0.5, 0.6) is 17.2 Å². The molecular formula is C19H16O5. The van der Waals surface area contributed by atoms with E-state index in [-0.39, 0.29) is 28.0 Å². The number of aromatic hydroxyl groups is 3. The van der Waals surface area contributed by atoms with Gasteiger partial charge in [-0.15, -0.1) is 0 Å². The van der Waals surface area contributed by atoms with E-state index in [1.165, 1.54) is 0 Å². The lowest BCUT2D eigenvalue weighted by Gasteiger charge is -2.10. The van der Waals surface area contributed by atoms with Gasteiger partial charge in [-0.25, -0.2) is 0 Å². The van der Waals surface area contributed by atoms with Gasteiger partial charge in [0.25, 0.3) is 0 Å². The Morgan fingerprint density at radius 1 is 1.04 bits per heavy atom. The van der Waals surface area contributed by atoms with Crippen LogP contribution in [0.4, 0.5) is 0 Å². The predicted octanol–water partition coefficient (Wildman–Crippen LogP) is 4.00. The zero-order valence-corrected chi connectivity index (χ0v) is 13.2. The molecule has 1 heterocycles. The molecule has 0 atom stereocenters. The molecule has 5 heteroatoms. The van der Waals surface area contributed by atoms with Crippen molar-refractivity contribution >= 4 is 17.0 Å². The summed E-state index contributed by atoms with van der Waals surface area (Å²) in [4.78, 5) is 12.5. The van der Waals surface area contributed by atoms with Crippen LogP contribution in [0.2, 0.25) is 0 Å². The second kappa shape index (κ2) is 5.77. The number of phenols is 2. The van der Waals surface area contributed by atoms with E-state index in [4.69, 9.17) is 4.42 Å². The van der Waals surface area contributed by atoms with Crippen LogP contribution < -0.4 is 5.43 Å². The molecule has 5 nitrogen and oxygen atoms in total. The number of phenolic OH excluding ortho intramolecular Hbond substituents is 2. The van der Waals surface area contributed by atoms with Gasteiger partial charge in [0.2, 0.25) is 11.2 Å². The largest absolute Gasteiger partial charge is 0.507 e. The zero-order chi connectivity index (χ0) is 17.4. The molecule has 0 saturated heterocycles. The van der Waals surface area contributed by atoms with Crippen molar-refractivity contribution in [3.05, 3.63) is 57.8 Å². The van der Waals surface area contributed by atoms with E-state index in [1.807, 2.05) is 13.8 Å². The first kappa shape index (κ1) is 15.7. The summed E-state index contributed by atoms with van der Waals surface area (Å²) in [7, 11) is 0. The molecule has 0 fully saturated rings. The van der Waals surface area contributed by atoms with Crippen LogP contribution >= 0.6 is 0 Å². The van der Waals surface area contributed by atoms with Crippen LogP contribution in [0.3, 0.4) is 0 Å². The van der Waals surface area contributed by atoms with Crippen molar-refractivity contribution in [3.63, 3.8) is 0 Å². The summed E-state index contributed by atoms with van der Waals surface area (Å²) in [5.74, 6) is -1.26. The molecule has 0 aliphatic carbocycles. The van der Waals surface area contributed by atoms with Gasteiger partial charge < -0.3 is 19.7 Å². The number of hydrogen-bond donors (Lipinski definition) is 3. The molecule has 0 aliphatic rings. The fraction of sp³-hybridized carbons (Fsp3) is 0.105. The highest BCUT2D eigenvalue weighted by atomic mass is 16.4. The van der Waals surface area contributed by atoms with Crippen LogP contribution in [0.25, 0.3) is 28.4 Å². The molecule has 0 amide bonds. The number of rotatable bonds is 2. The van der Waals surface area contributed by atoms with Gasteiger partial charge in [0, 0.05) is 11.6 Å². The van der Waals surface area contributed by atoms with Gasteiger partial charge in [0.05, 0.1) is 5.56 Å². The molecular weight excluding hydrogens is 308 g/mol. The lowest BCUT2D eigenvalue weighted by atomic mass is 10.0. The number of fused-ring (bicyclic) bond motifs is 1. The van der Waals surface area contributed by atoms with E-state index in [1.54, 1.807) is 36.4 Å². The van der Waals surface area contributed by atoms with Crippen molar-refractivity contribution in [1.29, 1.82) is 0 Å². The molecule has 0 unspecified atom stereocenters. The molecule has 2 aromatic carbocycles. The maximum Gasteiger partial charge on any atom is 0.238 e. The van der Waals surface area contributed by atoms with Gasteiger partial charge in [-0.05, 0) is 19.9 Å². The van der Waals surface area contributed by atoms with E-state index < -0.39 is 16.9 Å². The average Bonchev–Trinajstić information content (AvgIpc) is 2.54. The minimum absolute atomic E-state index is 0.0125. The van der Waals surface area contributed by atoms with Crippen LogP contribution in [-0.2, 0) is 0 Å². The average molecular weight is 324 g/mol. The third-order valence-corrected chi connectivity index (χ3v) is 3.61. The summed E-state index contributed by atoms with van der Waals surface area (Å²) in [6, 6.07) is 9.73. The molecule has 3 N–H and O–H groups in total. The van der Waals surface area contributed by atoms with Crippen molar-refractivity contribution < 1.29 is 19.7 Å². The third kappa shape index (κ3) is 2.50. The first-order chi connectivity index (χ1) is 11.4. The number of allylic oxidation sites excluding steroid dienone is 1. The van der Waals surface area contributed by atoms with E-state index in [0.29, 0.717) is 5.56 Å². The highest BCUT2D eigenvalue weighted by molar-refractivity contribution is 5.95. The smallest absolute Gasteiger partial charge is 0.238 e. The van der Waals surface area contributed by atoms with Crippen molar-refractivity contribution in [3.8, 4) is 28.6 Å². The Morgan fingerprint density at radius 2 is 1.71 bits per heavy atom. The lowest BCUT2D eigenvalue weighted by molar-refractivity contribution is 0.437. The summed E-state index contributed by atoms with van der Waals surface area (Å²) in [5.41, 5.74) is 0.928. The molecule has 0 saturated carbocycles. The van der Waals surface area contributed by atoms with Crippen LogP contribution in [0, 0.1) is 0 Å². The Kier molecular flexibility index (Phi) is 3.77. The third-order valence-electron chi connectivity index (χ3n) is 3.61. The van der Waals surface area contributed by atoms with Crippen LogP contribution in [0.1, 0.15) is 19.4 Å². The zero-order valence-electron chi connectivity index (χ0n) is 13.2. The van der Waals surface area contributed by atoms with Crippen molar-refractivity contribution in [2.45, 2.75) is 13.8 Å². The Labute approximate surface area is 137 Å². The Bertz CT molecular complexity index is 1010. The maximum atomic E-state index is 12.5. The van der Waals surface area contributed by atoms with Gasteiger partial charge in [-0.3, -0.25) is 4.79 Å². The summed E-state index contributed by atoms with van der Waals surface area (Å²) in [6.45, 7) is 3.66. The predicted molar refractivity (Wildman–Crippen MR) is 92.2 cm³/mol. The van der Waals surface area contributed by atoms with E-state index in [2.05, 4.69) is 0 Å². The topological polar surface area (TPSA) is 90.9 Å². The molecule has 0 bridgehead atoms. The second-order valence-corrected chi connectivity index (χ2v) is 5.73. The molecule has 122 valence electrons. The van der Waals surface area contributed by atoms with E-state index >= 15 is 0 Å². The highest BCUT2D eigenvalue weighted by Crippen LogP contribution is 2.38. The summed E-state index contributed by atoms with van der Waals surface area (Å²) >= 11 is 0. The normalized spacial score (nSPS) is 10.8. The Balaban J connectivity index is 2.50. The number of benzene rings is 2. The summed E-state index contributed by atoms with van der Waals surface area (Å²) < 4.78 is 5.74. The number of hydrogen-bond acceptors (Lipinski definition) is 5. The quantitative estimate of drug-likeness (QED) is 0.663. The van der Waals surface area contributed by atoms with Gasteiger partial charge >= 0.3 is 0 Å². The van der Waals surface area contributed by atoms with Crippen molar-refractivity contribution in [2.75, 3.05) is 0 Å². The maximum absolute atomic E-state index is 12.5. The first-order valence-corrected chi connectivity index (χ1v) is 7.35. The van der Waals surface area contributed by atoms with Gasteiger partial charge in [-0.1, -0.05) is 35.9 Å². The van der Waals surface area contributed by atoms with Crippen molar-refractivity contribution in [2.24, 2.45) is 0 Å². The summed E-state index contributed by atoms with van der Waals surface area (Å²) in [6.07, 6.45) is 1.64. The lowest BCUT2D eigenvalue weighted by Crippen LogP contribution is -2.04. The monoisotopic (exact) mass is 324 g/mol. The van der Waals surface area contributed by atoms with Crippen LogP contribution in [0.15, 0.2) is 51.2 Å². The highest BCUT2D eigenvalue weighted by Gasteiger charge is 2.21. The minimum atomic E-state index is -0.754. The fourth-order valence-electron chi connectivity index (χ4n) is 2.56. The second-order valence-electron chi connectivity index (χ2n) is 5.73.